The van der Waals surface area contributed by atoms with Gasteiger partial charge in [0, 0.05) is 37.7 Å². The highest BCUT2D eigenvalue weighted by Crippen LogP contribution is 2.36. The third-order valence-electron chi connectivity index (χ3n) is 4.66. The summed E-state index contributed by atoms with van der Waals surface area (Å²) in [6.07, 6.45) is 4.00. The molecule has 1 aromatic rings. The van der Waals surface area contributed by atoms with Gasteiger partial charge in [0.1, 0.15) is 5.78 Å². The summed E-state index contributed by atoms with van der Waals surface area (Å²) in [6.45, 7) is 2.09. The fourth-order valence-corrected chi connectivity index (χ4v) is 3.32. The van der Waals surface area contributed by atoms with Crippen LogP contribution in [0.15, 0.2) is 24.3 Å². The number of hydrogen-bond acceptors (Lipinski definition) is 4. The Labute approximate surface area is 125 Å². The van der Waals surface area contributed by atoms with Crippen molar-refractivity contribution in [3.63, 3.8) is 0 Å². The van der Waals surface area contributed by atoms with Crippen LogP contribution in [0.4, 0.5) is 5.69 Å². The van der Waals surface area contributed by atoms with E-state index in [9.17, 15) is 4.79 Å². The number of ether oxygens (including phenoxy) is 2. The summed E-state index contributed by atoms with van der Waals surface area (Å²) >= 11 is 0. The van der Waals surface area contributed by atoms with Crippen molar-refractivity contribution in [2.24, 2.45) is 5.92 Å². The molecule has 2 unspecified atom stereocenters. The average Bonchev–Trinajstić information content (AvgIpc) is 2.94. The molecule has 2 aliphatic heterocycles. The molecule has 0 bridgehead atoms. The van der Waals surface area contributed by atoms with Crippen LogP contribution >= 0.6 is 0 Å². The second-order valence-corrected chi connectivity index (χ2v) is 6.23. The summed E-state index contributed by atoms with van der Waals surface area (Å²) in [5, 5.41) is 0. The molecule has 2 heterocycles. The summed E-state index contributed by atoms with van der Waals surface area (Å²) in [5.74, 6) is 0.496. The Morgan fingerprint density at radius 2 is 2.10 bits per heavy atom. The highest BCUT2D eigenvalue weighted by Gasteiger charge is 2.42. The highest BCUT2D eigenvalue weighted by molar-refractivity contribution is 5.81. The summed E-state index contributed by atoms with van der Waals surface area (Å²) in [4.78, 5) is 12.5. The van der Waals surface area contributed by atoms with Crippen molar-refractivity contribution in [3.8, 4) is 0 Å². The minimum Gasteiger partial charge on any atom is -0.399 e. The Kier molecular flexibility index (Phi) is 4.27. The Bertz CT molecular complexity index is 491. The SMILES string of the molecule is Nc1ccc(CCC(=O)C2CCOC3(CCOC3)C2)cc1. The van der Waals surface area contributed by atoms with Crippen LogP contribution in [-0.4, -0.2) is 31.2 Å². The monoisotopic (exact) mass is 289 g/mol. The lowest BCUT2D eigenvalue weighted by Crippen LogP contribution is -2.42. The van der Waals surface area contributed by atoms with Crippen LogP contribution < -0.4 is 5.73 Å². The lowest BCUT2D eigenvalue weighted by molar-refractivity contribution is -0.137. The average molecular weight is 289 g/mol. The van der Waals surface area contributed by atoms with E-state index in [1.165, 1.54) is 5.56 Å². The van der Waals surface area contributed by atoms with E-state index in [0.29, 0.717) is 25.4 Å². The van der Waals surface area contributed by atoms with Gasteiger partial charge in [-0.3, -0.25) is 4.79 Å². The largest absolute Gasteiger partial charge is 0.399 e. The number of carbonyl (C=O) groups is 1. The van der Waals surface area contributed by atoms with Crippen LogP contribution in [0.3, 0.4) is 0 Å². The fourth-order valence-electron chi connectivity index (χ4n) is 3.32. The first-order valence-electron chi connectivity index (χ1n) is 7.76. The maximum atomic E-state index is 12.5. The van der Waals surface area contributed by atoms with E-state index in [0.717, 1.165) is 38.0 Å². The molecule has 2 fully saturated rings. The van der Waals surface area contributed by atoms with E-state index in [-0.39, 0.29) is 11.5 Å². The number of benzene rings is 1. The number of aryl methyl sites for hydroxylation is 1. The number of ketones is 1. The number of Topliss-reactive ketones (excluding diaryl/α,β-unsaturated/α-hetero) is 1. The molecule has 0 aromatic heterocycles. The lowest BCUT2D eigenvalue weighted by Gasteiger charge is -2.36. The number of carbonyl (C=O) groups excluding carboxylic acids is 1. The molecule has 2 aliphatic rings. The molecule has 1 spiro atoms. The molecule has 0 aliphatic carbocycles. The molecular weight excluding hydrogens is 266 g/mol. The normalized spacial score (nSPS) is 28.9. The van der Waals surface area contributed by atoms with Gasteiger partial charge in [-0.05, 0) is 37.0 Å². The van der Waals surface area contributed by atoms with Crippen LogP contribution in [-0.2, 0) is 20.7 Å². The van der Waals surface area contributed by atoms with E-state index >= 15 is 0 Å². The van der Waals surface area contributed by atoms with Gasteiger partial charge < -0.3 is 15.2 Å². The number of rotatable bonds is 4. The molecule has 2 saturated heterocycles. The van der Waals surface area contributed by atoms with E-state index in [2.05, 4.69) is 0 Å². The number of hydrogen-bond donors (Lipinski definition) is 1. The van der Waals surface area contributed by atoms with Crippen molar-refractivity contribution >= 4 is 11.5 Å². The van der Waals surface area contributed by atoms with Gasteiger partial charge in [0.15, 0.2) is 0 Å². The van der Waals surface area contributed by atoms with Crippen molar-refractivity contribution in [1.29, 1.82) is 0 Å². The predicted molar refractivity (Wildman–Crippen MR) is 81.0 cm³/mol. The third kappa shape index (κ3) is 3.44. The van der Waals surface area contributed by atoms with Crippen molar-refractivity contribution in [2.75, 3.05) is 25.6 Å². The van der Waals surface area contributed by atoms with E-state index in [4.69, 9.17) is 15.2 Å². The molecule has 0 saturated carbocycles. The Morgan fingerprint density at radius 3 is 2.81 bits per heavy atom. The topological polar surface area (TPSA) is 61.6 Å². The van der Waals surface area contributed by atoms with Crippen LogP contribution in [0, 0.1) is 5.92 Å². The quantitative estimate of drug-likeness (QED) is 0.864. The second kappa shape index (κ2) is 6.16. The number of nitrogens with two attached hydrogens (primary N) is 1. The molecule has 4 nitrogen and oxygen atoms in total. The van der Waals surface area contributed by atoms with Gasteiger partial charge >= 0.3 is 0 Å². The zero-order valence-electron chi connectivity index (χ0n) is 12.3. The van der Waals surface area contributed by atoms with Gasteiger partial charge in [0.05, 0.1) is 12.2 Å². The zero-order chi connectivity index (χ0) is 14.7. The van der Waals surface area contributed by atoms with Gasteiger partial charge in [-0.2, -0.15) is 0 Å². The standard InChI is InChI=1S/C17H23NO3/c18-15-4-1-13(2-5-15)3-6-16(19)14-7-9-21-17(11-14)8-10-20-12-17/h1-2,4-5,14H,3,6-12,18H2. The minimum absolute atomic E-state index is 0.134. The third-order valence-corrected chi connectivity index (χ3v) is 4.66. The molecule has 21 heavy (non-hydrogen) atoms. The van der Waals surface area contributed by atoms with Gasteiger partial charge in [-0.15, -0.1) is 0 Å². The van der Waals surface area contributed by atoms with Crippen molar-refractivity contribution in [3.05, 3.63) is 29.8 Å². The molecule has 2 atom stereocenters. The van der Waals surface area contributed by atoms with Crippen molar-refractivity contribution in [2.45, 2.75) is 37.7 Å². The molecular formula is C17H23NO3. The molecule has 114 valence electrons. The molecule has 0 amide bonds. The smallest absolute Gasteiger partial charge is 0.136 e. The second-order valence-electron chi connectivity index (χ2n) is 6.23. The number of nitrogen functional groups attached to an aromatic ring is 1. The van der Waals surface area contributed by atoms with Crippen LogP contribution in [0.25, 0.3) is 0 Å². The predicted octanol–water partition coefficient (Wildman–Crippen LogP) is 2.36. The summed E-state index contributed by atoms with van der Waals surface area (Å²) in [6, 6.07) is 7.77. The van der Waals surface area contributed by atoms with Crippen molar-refractivity contribution < 1.29 is 14.3 Å². The van der Waals surface area contributed by atoms with Gasteiger partial charge in [-0.1, -0.05) is 12.1 Å². The Balaban J connectivity index is 1.54. The first-order valence-corrected chi connectivity index (χ1v) is 7.76. The molecule has 4 heteroatoms. The van der Waals surface area contributed by atoms with Gasteiger partial charge in [0.25, 0.3) is 0 Å². The molecule has 3 rings (SSSR count). The zero-order valence-corrected chi connectivity index (χ0v) is 12.3. The van der Waals surface area contributed by atoms with Crippen LogP contribution in [0.1, 0.15) is 31.2 Å². The molecule has 1 aromatic carbocycles. The van der Waals surface area contributed by atoms with Crippen LogP contribution in [0.5, 0.6) is 0 Å². The Morgan fingerprint density at radius 1 is 1.29 bits per heavy atom. The maximum absolute atomic E-state index is 12.5. The van der Waals surface area contributed by atoms with Gasteiger partial charge in [0.2, 0.25) is 0 Å². The van der Waals surface area contributed by atoms with Gasteiger partial charge in [-0.25, -0.2) is 0 Å². The Hall–Kier alpha value is -1.39. The minimum atomic E-state index is -0.181. The maximum Gasteiger partial charge on any atom is 0.136 e. The van der Waals surface area contributed by atoms with E-state index in [1.54, 1.807) is 0 Å². The summed E-state index contributed by atoms with van der Waals surface area (Å²) in [7, 11) is 0. The van der Waals surface area contributed by atoms with E-state index in [1.807, 2.05) is 24.3 Å². The lowest BCUT2D eigenvalue weighted by atomic mass is 9.81. The number of anilines is 1. The molecule has 0 radical (unpaired) electrons. The first-order chi connectivity index (χ1) is 10.2. The first kappa shape index (κ1) is 14.5. The highest BCUT2D eigenvalue weighted by atomic mass is 16.6. The van der Waals surface area contributed by atoms with Crippen LogP contribution in [0.2, 0.25) is 0 Å². The van der Waals surface area contributed by atoms with E-state index < -0.39 is 0 Å². The summed E-state index contributed by atoms with van der Waals surface area (Å²) in [5.41, 5.74) is 7.42. The molecule has 2 N–H and O–H groups in total. The fraction of sp³-hybridized carbons (Fsp3) is 0.588. The summed E-state index contributed by atoms with van der Waals surface area (Å²) < 4.78 is 11.3. The van der Waals surface area contributed by atoms with Crippen molar-refractivity contribution in [1.82, 2.24) is 0 Å².